The van der Waals surface area contributed by atoms with E-state index in [-0.39, 0.29) is 11.7 Å². The van der Waals surface area contributed by atoms with Crippen LogP contribution in [0.2, 0.25) is 0 Å². The van der Waals surface area contributed by atoms with Gasteiger partial charge < -0.3 is 0 Å². The standard InChI is InChI=1S/C20H16O/c21-20(19-13-18(19)15-7-2-1-3-8-15)17-11-10-14-6-4-5-9-16(14)12-17/h1-12,18-19H,13H2. The van der Waals surface area contributed by atoms with Gasteiger partial charge >= 0.3 is 0 Å². The van der Waals surface area contributed by atoms with Crippen LogP contribution in [0.5, 0.6) is 0 Å². The molecule has 1 aliphatic rings. The number of ketones is 1. The number of benzene rings is 3. The van der Waals surface area contributed by atoms with Crippen LogP contribution in [0.15, 0.2) is 72.8 Å². The minimum absolute atomic E-state index is 0.161. The highest BCUT2D eigenvalue weighted by Crippen LogP contribution is 2.49. The molecule has 2 atom stereocenters. The molecule has 0 radical (unpaired) electrons. The third kappa shape index (κ3) is 2.25. The van der Waals surface area contributed by atoms with Crippen LogP contribution in [0.3, 0.4) is 0 Å². The predicted molar refractivity (Wildman–Crippen MR) is 85.6 cm³/mol. The molecular formula is C20H16O. The molecule has 0 N–H and O–H groups in total. The van der Waals surface area contributed by atoms with Gasteiger partial charge in [0.2, 0.25) is 0 Å². The first-order chi connectivity index (χ1) is 10.3. The van der Waals surface area contributed by atoms with Crippen LogP contribution in [0, 0.1) is 5.92 Å². The summed E-state index contributed by atoms with van der Waals surface area (Å²) in [5, 5.41) is 2.32. The van der Waals surface area contributed by atoms with Crippen LogP contribution in [0.25, 0.3) is 10.8 Å². The molecule has 1 saturated carbocycles. The molecule has 1 heteroatoms. The molecule has 1 nitrogen and oxygen atoms in total. The summed E-state index contributed by atoms with van der Waals surface area (Å²) in [6, 6.07) is 24.6. The van der Waals surface area contributed by atoms with E-state index in [1.54, 1.807) is 0 Å². The van der Waals surface area contributed by atoms with Crippen LogP contribution in [-0.2, 0) is 0 Å². The van der Waals surface area contributed by atoms with E-state index < -0.39 is 0 Å². The third-order valence-electron chi connectivity index (χ3n) is 4.39. The fourth-order valence-electron chi connectivity index (χ4n) is 3.11. The lowest BCUT2D eigenvalue weighted by molar-refractivity contribution is 0.0965. The monoisotopic (exact) mass is 272 g/mol. The van der Waals surface area contributed by atoms with Gasteiger partial charge in [-0.05, 0) is 34.7 Å². The zero-order chi connectivity index (χ0) is 14.2. The molecule has 0 heterocycles. The normalized spacial score (nSPS) is 20.4. The Balaban J connectivity index is 1.60. The zero-order valence-electron chi connectivity index (χ0n) is 11.7. The minimum atomic E-state index is 0.161. The predicted octanol–water partition coefficient (Wildman–Crippen LogP) is 4.83. The molecule has 0 bridgehead atoms. The van der Waals surface area contributed by atoms with Crippen molar-refractivity contribution in [2.45, 2.75) is 12.3 Å². The van der Waals surface area contributed by atoms with E-state index in [4.69, 9.17) is 0 Å². The molecule has 0 saturated heterocycles. The summed E-state index contributed by atoms with van der Waals surface area (Å²) in [5.41, 5.74) is 2.13. The zero-order valence-corrected chi connectivity index (χ0v) is 11.7. The Morgan fingerprint density at radius 2 is 1.52 bits per heavy atom. The maximum Gasteiger partial charge on any atom is 0.166 e. The Kier molecular flexibility index (Phi) is 2.85. The molecule has 2 unspecified atom stereocenters. The van der Waals surface area contributed by atoms with Crippen LogP contribution in [0.4, 0.5) is 0 Å². The maximum absolute atomic E-state index is 12.6. The first kappa shape index (κ1) is 12.3. The van der Waals surface area contributed by atoms with Gasteiger partial charge in [-0.1, -0.05) is 66.7 Å². The summed E-state index contributed by atoms with van der Waals surface area (Å²) in [7, 11) is 0. The Labute approximate surface area is 124 Å². The van der Waals surface area contributed by atoms with Gasteiger partial charge in [-0.25, -0.2) is 0 Å². The molecule has 3 aromatic rings. The van der Waals surface area contributed by atoms with E-state index in [2.05, 4.69) is 24.3 Å². The summed E-state index contributed by atoms with van der Waals surface area (Å²) >= 11 is 0. The van der Waals surface area contributed by atoms with Gasteiger partial charge in [-0.3, -0.25) is 4.79 Å². The fraction of sp³-hybridized carbons (Fsp3) is 0.150. The van der Waals surface area contributed by atoms with Gasteiger partial charge in [0, 0.05) is 11.5 Å². The van der Waals surface area contributed by atoms with Crippen molar-refractivity contribution in [2.24, 2.45) is 5.92 Å². The first-order valence-corrected chi connectivity index (χ1v) is 7.41. The second-order valence-corrected chi connectivity index (χ2v) is 5.79. The van der Waals surface area contributed by atoms with E-state index >= 15 is 0 Å². The number of carbonyl (C=O) groups excluding carboxylic acids is 1. The van der Waals surface area contributed by atoms with Crippen molar-refractivity contribution < 1.29 is 4.79 Å². The van der Waals surface area contributed by atoms with Crippen molar-refractivity contribution >= 4 is 16.6 Å². The van der Waals surface area contributed by atoms with Gasteiger partial charge in [0.05, 0.1) is 0 Å². The van der Waals surface area contributed by atoms with E-state index in [0.29, 0.717) is 5.92 Å². The lowest BCUT2D eigenvalue weighted by Gasteiger charge is -2.03. The number of fused-ring (bicyclic) bond motifs is 1. The van der Waals surface area contributed by atoms with Crippen molar-refractivity contribution in [1.82, 2.24) is 0 Å². The highest BCUT2D eigenvalue weighted by Gasteiger charge is 2.43. The van der Waals surface area contributed by atoms with Crippen molar-refractivity contribution in [2.75, 3.05) is 0 Å². The number of carbonyl (C=O) groups is 1. The second kappa shape index (κ2) is 4.85. The molecule has 0 spiro atoms. The SMILES string of the molecule is O=C(c1ccc2ccccc2c1)C1CC1c1ccccc1. The van der Waals surface area contributed by atoms with Crippen molar-refractivity contribution in [1.29, 1.82) is 0 Å². The highest BCUT2D eigenvalue weighted by molar-refractivity contribution is 6.03. The lowest BCUT2D eigenvalue weighted by atomic mass is 10.00. The Bertz CT molecular complexity index is 804. The van der Waals surface area contributed by atoms with E-state index in [1.807, 2.05) is 48.5 Å². The van der Waals surface area contributed by atoms with Crippen LogP contribution in [-0.4, -0.2) is 5.78 Å². The largest absolute Gasteiger partial charge is 0.294 e. The number of hydrogen-bond donors (Lipinski definition) is 0. The fourth-order valence-corrected chi connectivity index (χ4v) is 3.11. The van der Waals surface area contributed by atoms with Crippen LogP contribution < -0.4 is 0 Å². The number of rotatable bonds is 3. The van der Waals surface area contributed by atoms with E-state index in [9.17, 15) is 4.79 Å². The van der Waals surface area contributed by atoms with Gasteiger partial charge in [-0.2, -0.15) is 0 Å². The molecular weight excluding hydrogens is 256 g/mol. The van der Waals surface area contributed by atoms with Crippen LogP contribution >= 0.6 is 0 Å². The average molecular weight is 272 g/mol. The smallest absolute Gasteiger partial charge is 0.166 e. The minimum Gasteiger partial charge on any atom is -0.294 e. The lowest BCUT2D eigenvalue weighted by Crippen LogP contribution is -2.03. The number of Topliss-reactive ketones (excluding diaryl/α,β-unsaturated/α-hetero) is 1. The average Bonchev–Trinajstić information content (AvgIpc) is 3.35. The Morgan fingerprint density at radius 3 is 2.33 bits per heavy atom. The summed E-state index contributed by atoms with van der Waals surface area (Å²) in [5.74, 6) is 0.855. The molecule has 3 aromatic carbocycles. The van der Waals surface area contributed by atoms with Gasteiger partial charge in [-0.15, -0.1) is 0 Å². The maximum atomic E-state index is 12.6. The van der Waals surface area contributed by atoms with Gasteiger partial charge in [0.1, 0.15) is 0 Å². The van der Waals surface area contributed by atoms with Crippen LogP contribution in [0.1, 0.15) is 28.3 Å². The summed E-state index contributed by atoms with van der Waals surface area (Å²) in [6.07, 6.45) is 0.982. The molecule has 0 amide bonds. The van der Waals surface area contributed by atoms with Crippen molar-refractivity contribution in [3.8, 4) is 0 Å². The first-order valence-electron chi connectivity index (χ1n) is 7.41. The van der Waals surface area contributed by atoms with E-state index in [0.717, 1.165) is 17.4 Å². The summed E-state index contributed by atoms with van der Waals surface area (Å²) in [6.45, 7) is 0. The summed E-state index contributed by atoms with van der Waals surface area (Å²) in [4.78, 5) is 12.6. The molecule has 21 heavy (non-hydrogen) atoms. The molecule has 102 valence electrons. The van der Waals surface area contributed by atoms with Crippen molar-refractivity contribution in [3.63, 3.8) is 0 Å². The highest BCUT2D eigenvalue weighted by atomic mass is 16.1. The number of hydrogen-bond acceptors (Lipinski definition) is 1. The Hall–Kier alpha value is -2.41. The van der Waals surface area contributed by atoms with Crippen molar-refractivity contribution in [3.05, 3.63) is 83.9 Å². The molecule has 1 fully saturated rings. The third-order valence-corrected chi connectivity index (χ3v) is 4.39. The molecule has 4 rings (SSSR count). The van der Waals surface area contributed by atoms with Gasteiger partial charge in [0.25, 0.3) is 0 Å². The molecule has 0 aromatic heterocycles. The van der Waals surface area contributed by atoms with E-state index in [1.165, 1.54) is 10.9 Å². The molecule has 1 aliphatic carbocycles. The second-order valence-electron chi connectivity index (χ2n) is 5.79. The summed E-state index contributed by atoms with van der Waals surface area (Å²) < 4.78 is 0. The quantitative estimate of drug-likeness (QED) is 0.624. The van der Waals surface area contributed by atoms with Gasteiger partial charge in [0.15, 0.2) is 5.78 Å². The molecule has 0 aliphatic heterocycles. The Morgan fingerprint density at radius 1 is 0.810 bits per heavy atom. The topological polar surface area (TPSA) is 17.1 Å².